The van der Waals surface area contributed by atoms with Crippen molar-refractivity contribution in [2.75, 3.05) is 7.11 Å². The van der Waals surface area contributed by atoms with Gasteiger partial charge in [0.15, 0.2) is 0 Å². The number of carbonyl (C=O) groups is 1. The third-order valence-corrected chi connectivity index (χ3v) is 6.49. The average Bonchev–Trinajstić information content (AvgIpc) is 3.21. The molecule has 0 spiro atoms. The zero-order chi connectivity index (χ0) is 18.7. The van der Waals surface area contributed by atoms with Crippen molar-refractivity contribution in [3.05, 3.63) is 34.8 Å². The van der Waals surface area contributed by atoms with Crippen LogP contribution in [0.25, 0.3) is 10.6 Å². The lowest BCUT2D eigenvalue weighted by Crippen LogP contribution is -2.32. The first-order valence-electron chi connectivity index (χ1n) is 9.14. The number of thiazole rings is 1. The van der Waals surface area contributed by atoms with Gasteiger partial charge in [0.25, 0.3) is 0 Å². The van der Waals surface area contributed by atoms with Crippen molar-refractivity contribution in [1.29, 1.82) is 0 Å². The minimum absolute atomic E-state index is 0.0513. The zero-order valence-electron chi connectivity index (χ0n) is 15.6. The summed E-state index contributed by atoms with van der Waals surface area (Å²) in [4.78, 5) is 18.2. The second-order valence-corrected chi connectivity index (χ2v) is 8.08. The number of nitrogens with one attached hydrogen (secondary N) is 1. The Kier molecular flexibility index (Phi) is 5.94. The first-order chi connectivity index (χ1) is 12.5. The number of aryl methyl sites for hydroxylation is 1. The molecule has 1 unspecified atom stereocenters. The Hall–Kier alpha value is -1.92. The number of aromatic nitrogens is 1. The highest BCUT2D eigenvalue weighted by Crippen LogP contribution is 2.33. The highest BCUT2D eigenvalue weighted by molar-refractivity contribution is 7.15. The van der Waals surface area contributed by atoms with Gasteiger partial charge in [-0.05, 0) is 56.9 Å². The molecule has 0 bridgehead atoms. The largest absolute Gasteiger partial charge is 0.497 e. The summed E-state index contributed by atoms with van der Waals surface area (Å²) in [5.41, 5.74) is 8.11. The summed E-state index contributed by atoms with van der Waals surface area (Å²) in [5, 5.41) is 4.08. The molecule has 1 aromatic heterocycles. The molecule has 0 radical (unpaired) electrons. The van der Waals surface area contributed by atoms with E-state index in [9.17, 15) is 4.79 Å². The van der Waals surface area contributed by atoms with Crippen molar-refractivity contribution >= 4 is 17.2 Å². The maximum atomic E-state index is 12.4. The lowest BCUT2D eigenvalue weighted by Gasteiger charge is -2.17. The van der Waals surface area contributed by atoms with E-state index in [-0.39, 0.29) is 18.0 Å². The lowest BCUT2D eigenvalue weighted by atomic mass is 9.99. The third-order valence-electron chi connectivity index (χ3n) is 5.11. The Labute approximate surface area is 159 Å². The predicted octanol–water partition coefficient (Wildman–Crippen LogP) is 3.82. The van der Waals surface area contributed by atoms with Gasteiger partial charge in [0.1, 0.15) is 10.8 Å². The minimum Gasteiger partial charge on any atom is -0.497 e. The fraction of sp³-hybridized carbons (Fsp3) is 0.500. The van der Waals surface area contributed by atoms with Gasteiger partial charge in [-0.3, -0.25) is 4.79 Å². The Balaban J connectivity index is 1.66. The maximum Gasteiger partial charge on any atom is 0.220 e. The molecule has 3 rings (SSSR count). The number of nitrogens with two attached hydrogens (primary N) is 1. The van der Waals surface area contributed by atoms with Gasteiger partial charge in [-0.15, -0.1) is 11.3 Å². The van der Waals surface area contributed by atoms with E-state index in [0.717, 1.165) is 46.2 Å². The summed E-state index contributed by atoms with van der Waals surface area (Å²) >= 11 is 1.63. The van der Waals surface area contributed by atoms with Crippen LogP contribution >= 0.6 is 11.3 Å². The van der Waals surface area contributed by atoms with Crippen molar-refractivity contribution in [2.24, 2.45) is 11.7 Å². The third kappa shape index (κ3) is 4.24. The topological polar surface area (TPSA) is 77.2 Å². The number of hydrogen-bond donors (Lipinski definition) is 2. The predicted molar refractivity (Wildman–Crippen MR) is 105 cm³/mol. The molecule has 1 aliphatic carbocycles. The summed E-state index contributed by atoms with van der Waals surface area (Å²) in [6.07, 6.45) is 3.75. The van der Waals surface area contributed by atoms with Gasteiger partial charge in [-0.2, -0.15) is 0 Å². The van der Waals surface area contributed by atoms with Gasteiger partial charge in [0.2, 0.25) is 5.91 Å². The number of methoxy groups -OCH3 is 1. The maximum absolute atomic E-state index is 12.4. The van der Waals surface area contributed by atoms with E-state index >= 15 is 0 Å². The van der Waals surface area contributed by atoms with Crippen molar-refractivity contribution in [3.8, 4) is 16.3 Å². The summed E-state index contributed by atoms with van der Waals surface area (Å²) < 4.78 is 5.20. The second kappa shape index (κ2) is 8.18. The molecule has 1 heterocycles. The Morgan fingerprint density at radius 1 is 1.38 bits per heavy atom. The van der Waals surface area contributed by atoms with Crippen LogP contribution in [-0.4, -0.2) is 24.0 Å². The highest BCUT2D eigenvalue weighted by Gasteiger charge is 2.27. The van der Waals surface area contributed by atoms with Gasteiger partial charge >= 0.3 is 0 Å². The summed E-state index contributed by atoms with van der Waals surface area (Å²) in [6, 6.07) is 7.99. The van der Waals surface area contributed by atoms with Crippen LogP contribution in [0, 0.1) is 12.8 Å². The number of ether oxygens (including phenoxy) is 1. The molecule has 1 aromatic carbocycles. The van der Waals surface area contributed by atoms with E-state index in [1.807, 2.05) is 38.1 Å². The van der Waals surface area contributed by atoms with Crippen LogP contribution < -0.4 is 15.8 Å². The first kappa shape index (κ1) is 18.9. The van der Waals surface area contributed by atoms with Crippen LogP contribution in [0.5, 0.6) is 5.75 Å². The summed E-state index contributed by atoms with van der Waals surface area (Å²) in [7, 11) is 1.66. The molecule has 0 aliphatic heterocycles. The van der Waals surface area contributed by atoms with E-state index in [0.29, 0.717) is 12.3 Å². The van der Waals surface area contributed by atoms with E-state index in [1.54, 1.807) is 18.4 Å². The number of amides is 1. The molecule has 1 aliphatic rings. The van der Waals surface area contributed by atoms with Crippen molar-refractivity contribution in [3.63, 3.8) is 0 Å². The van der Waals surface area contributed by atoms with Gasteiger partial charge in [-0.1, -0.05) is 6.42 Å². The molecular formula is C20H27N3O2S. The molecule has 0 saturated heterocycles. The quantitative estimate of drug-likeness (QED) is 0.807. The molecule has 6 heteroatoms. The molecule has 3 N–H and O–H groups in total. The van der Waals surface area contributed by atoms with E-state index in [4.69, 9.17) is 10.5 Å². The molecule has 26 heavy (non-hydrogen) atoms. The van der Waals surface area contributed by atoms with Crippen LogP contribution in [0.4, 0.5) is 0 Å². The fourth-order valence-electron chi connectivity index (χ4n) is 3.59. The number of hydrogen-bond acceptors (Lipinski definition) is 5. The number of nitrogens with zero attached hydrogens (tertiary/aromatic N) is 1. The van der Waals surface area contributed by atoms with Gasteiger partial charge < -0.3 is 15.8 Å². The number of rotatable bonds is 6. The van der Waals surface area contributed by atoms with Crippen molar-refractivity contribution in [1.82, 2.24) is 10.3 Å². The first-order valence-corrected chi connectivity index (χ1v) is 9.96. The zero-order valence-corrected chi connectivity index (χ0v) is 16.4. The van der Waals surface area contributed by atoms with E-state index in [2.05, 4.69) is 10.3 Å². The van der Waals surface area contributed by atoms with Gasteiger partial charge in [0.05, 0.1) is 23.7 Å². The normalized spacial score (nSPS) is 20.8. The Morgan fingerprint density at radius 2 is 2.12 bits per heavy atom. The molecule has 5 nitrogen and oxygen atoms in total. The second-order valence-electron chi connectivity index (χ2n) is 7.05. The van der Waals surface area contributed by atoms with E-state index < -0.39 is 0 Å². The monoisotopic (exact) mass is 373 g/mol. The standard InChI is InChI=1S/C20H27N3O2S/c1-12(22-18(24)11-15-5-4-6-17(15)21)19-13(2)23-20(26-19)14-7-9-16(25-3)10-8-14/h7-10,12,15,17H,4-6,11,21H2,1-3H3,(H,22,24)/t12?,15-,17+/m0/s1. The smallest absolute Gasteiger partial charge is 0.220 e. The number of benzene rings is 1. The molecule has 1 amide bonds. The molecule has 2 aromatic rings. The molecule has 140 valence electrons. The Bertz CT molecular complexity index is 757. The van der Waals surface area contributed by atoms with Crippen molar-refractivity contribution in [2.45, 2.75) is 51.6 Å². The number of carbonyl (C=O) groups excluding carboxylic acids is 1. The average molecular weight is 374 g/mol. The SMILES string of the molecule is COc1ccc(-c2nc(C)c(C(C)NC(=O)C[C@@H]3CCC[C@H]3N)s2)cc1. The van der Waals surface area contributed by atoms with Crippen LogP contribution in [0.2, 0.25) is 0 Å². The molecule has 1 saturated carbocycles. The van der Waals surface area contributed by atoms with Crippen molar-refractivity contribution < 1.29 is 9.53 Å². The minimum atomic E-state index is -0.0513. The highest BCUT2D eigenvalue weighted by atomic mass is 32.1. The summed E-state index contributed by atoms with van der Waals surface area (Å²) in [6.45, 7) is 4.01. The van der Waals surface area contributed by atoms with Crippen LogP contribution in [-0.2, 0) is 4.79 Å². The van der Waals surface area contributed by atoms with Crippen LogP contribution in [0.1, 0.15) is 49.2 Å². The molecule has 1 fully saturated rings. The molecule has 3 atom stereocenters. The van der Waals surface area contributed by atoms with E-state index in [1.165, 1.54) is 0 Å². The molecular weight excluding hydrogens is 346 g/mol. The summed E-state index contributed by atoms with van der Waals surface area (Å²) in [5.74, 6) is 1.23. The Morgan fingerprint density at radius 3 is 2.73 bits per heavy atom. The van der Waals surface area contributed by atoms with Crippen LogP contribution in [0.3, 0.4) is 0 Å². The van der Waals surface area contributed by atoms with Gasteiger partial charge in [0, 0.05) is 18.0 Å². The van der Waals surface area contributed by atoms with Crippen LogP contribution in [0.15, 0.2) is 24.3 Å². The fourth-order valence-corrected chi connectivity index (χ4v) is 4.66. The lowest BCUT2D eigenvalue weighted by molar-refractivity contribution is -0.122. The van der Waals surface area contributed by atoms with Gasteiger partial charge in [-0.25, -0.2) is 4.98 Å².